The van der Waals surface area contributed by atoms with Gasteiger partial charge < -0.3 is 10.2 Å². The van der Waals surface area contributed by atoms with Crippen molar-refractivity contribution in [2.24, 2.45) is 0 Å². The fraction of sp³-hybridized carbons (Fsp3) is 0.556. The molecule has 0 aliphatic carbocycles. The number of carboxylic acids is 1. The number of hydroxylamine groups is 2. The number of aliphatic hydroxyl groups is 1. The van der Waals surface area contributed by atoms with Crippen molar-refractivity contribution in [1.29, 1.82) is 0 Å². The Balaban J connectivity index is 2.69. The third kappa shape index (κ3) is 7.10. The van der Waals surface area contributed by atoms with Crippen molar-refractivity contribution in [3.05, 3.63) is 35.9 Å². The highest BCUT2D eigenvalue weighted by Crippen LogP contribution is 2.12. The Morgan fingerprint density at radius 1 is 1.21 bits per heavy atom. The number of aliphatic carboxylic acids is 1. The summed E-state index contributed by atoms with van der Waals surface area (Å²) in [6.45, 7) is 2.02. The average molecular weight is 337 g/mol. The quantitative estimate of drug-likeness (QED) is 0.452. The Bertz CT molecular complexity index is 491. The van der Waals surface area contributed by atoms with Gasteiger partial charge in [-0.3, -0.25) is 9.63 Å². The van der Waals surface area contributed by atoms with Crippen LogP contribution in [-0.2, 0) is 20.8 Å². The predicted molar refractivity (Wildman–Crippen MR) is 90.2 cm³/mol. The normalized spacial score (nSPS) is 11.9. The maximum absolute atomic E-state index is 12.5. The van der Waals surface area contributed by atoms with Crippen LogP contribution in [0.4, 0.5) is 0 Å². The van der Waals surface area contributed by atoms with Gasteiger partial charge in [0.05, 0.1) is 6.61 Å². The molecule has 6 nitrogen and oxygen atoms in total. The fourth-order valence-corrected chi connectivity index (χ4v) is 2.32. The lowest BCUT2D eigenvalue weighted by molar-refractivity contribution is -0.208. The van der Waals surface area contributed by atoms with Crippen molar-refractivity contribution < 1.29 is 24.6 Å². The molecule has 0 saturated heterocycles. The molecular formula is C18H27NO5. The van der Waals surface area contributed by atoms with E-state index in [1.807, 2.05) is 30.3 Å². The van der Waals surface area contributed by atoms with Crippen LogP contribution in [0, 0.1) is 0 Å². The number of rotatable bonds is 12. The highest BCUT2D eigenvalue weighted by Gasteiger charge is 2.30. The van der Waals surface area contributed by atoms with E-state index >= 15 is 0 Å². The van der Waals surface area contributed by atoms with Gasteiger partial charge in [-0.15, -0.1) is 0 Å². The summed E-state index contributed by atoms with van der Waals surface area (Å²) < 4.78 is 0. The van der Waals surface area contributed by atoms with Crippen molar-refractivity contribution in [2.75, 3.05) is 13.2 Å². The topological polar surface area (TPSA) is 87.1 Å². The Morgan fingerprint density at radius 3 is 2.50 bits per heavy atom. The molecule has 1 aromatic carbocycles. The molecule has 1 aromatic rings. The molecule has 0 radical (unpaired) electrons. The molecular weight excluding hydrogens is 310 g/mol. The molecule has 6 heteroatoms. The van der Waals surface area contributed by atoms with Crippen LogP contribution in [0.15, 0.2) is 30.3 Å². The second kappa shape index (κ2) is 11.6. The van der Waals surface area contributed by atoms with Gasteiger partial charge in [-0.25, -0.2) is 9.86 Å². The van der Waals surface area contributed by atoms with Gasteiger partial charge in [0.2, 0.25) is 5.91 Å². The van der Waals surface area contributed by atoms with Gasteiger partial charge in [0.15, 0.2) is 6.04 Å². The molecule has 0 bridgehead atoms. The van der Waals surface area contributed by atoms with Gasteiger partial charge in [0.25, 0.3) is 0 Å². The number of amides is 1. The molecule has 0 aromatic heterocycles. The minimum atomic E-state index is -1.17. The number of aliphatic hydroxyl groups excluding tert-OH is 1. The molecule has 134 valence electrons. The second-order valence-electron chi connectivity index (χ2n) is 5.61. The van der Waals surface area contributed by atoms with Crippen LogP contribution in [-0.4, -0.2) is 46.4 Å². The minimum absolute atomic E-state index is 0.0554. The summed E-state index contributed by atoms with van der Waals surface area (Å²) in [5.41, 5.74) is 1.01. The molecule has 1 rings (SSSR count). The molecule has 1 atom stereocenters. The molecule has 2 N–H and O–H groups in total. The first-order valence-electron chi connectivity index (χ1n) is 8.42. The lowest BCUT2D eigenvalue weighted by atomic mass is 10.1. The van der Waals surface area contributed by atoms with E-state index in [0.717, 1.165) is 29.9 Å². The van der Waals surface area contributed by atoms with Crippen LogP contribution >= 0.6 is 0 Å². The van der Waals surface area contributed by atoms with Crippen LogP contribution in [0.2, 0.25) is 0 Å². The monoisotopic (exact) mass is 337 g/mol. The van der Waals surface area contributed by atoms with Crippen molar-refractivity contribution in [2.45, 2.75) is 51.5 Å². The first-order chi connectivity index (χ1) is 11.6. The number of carbonyl (C=O) groups is 2. The van der Waals surface area contributed by atoms with Gasteiger partial charge in [-0.05, 0) is 18.4 Å². The number of benzene rings is 1. The summed E-state index contributed by atoms with van der Waals surface area (Å²) in [6.07, 6.45) is 3.33. The van der Waals surface area contributed by atoms with E-state index < -0.39 is 12.0 Å². The smallest absolute Gasteiger partial charge is 0.329 e. The standard InChI is InChI=1S/C18H27NO5/c1-2-3-7-14-24-19(16(12-13-20)18(22)23)17(21)11-10-15-8-5-4-6-9-15/h4-6,8-9,16,20H,2-3,7,10-14H2,1H3,(H,22,23)/t16-/m0/s1. The number of carboxylic acid groups (broad SMARTS) is 1. The summed E-state index contributed by atoms with van der Waals surface area (Å²) >= 11 is 0. The Morgan fingerprint density at radius 2 is 1.92 bits per heavy atom. The summed E-state index contributed by atoms with van der Waals surface area (Å²) in [6, 6.07) is 8.36. The third-order valence-electron chi connectivity index (χ3n) is 3.67. The van der Waals surface area contributed by atoms with Gasteiger partial charge >= 0.3 is 5.97 Å². The van der Waals surface area contributed by atoms with Crippen LogP contribution in [0.5, 0.6) is 0 Å². The van der Waals surface area contributed by atoms with Crippen LogP contribution in [0.25, 0.3) is 0 Å². The van der Waals surface area contributed by atoms with E-state index in [0.29, 0.717) is 13.0 Å². The van der Waals surface area contributed by atoms with E-state index in [1.165, 1.54) is 0 Å². The molecule has 24 heavy (non-hydrogen) atoms. The summed E-state index contributed by atoms with van der Waals surface area (Å²) in [4.78, 5) is 29.3. The largest absolute Gasteiger partial charge is 0.480 e. The molecule has 0 unspecified atom stereocenters. The van der Waals surface area contributed by atoms with E-state index in [9.17, 15) is 14.7 Å². The maximum Gasteiger partial charge on any atom is 0.329 e. The third-order valence-corrected chi connectivity index (χ3v) is 3.67. The van der Waals surface area contributed by atoms with Crippen LogP contribution < -0.4 is 0 Å². The number of unbranched alkanes of at least 4 members (excludes halogenated alkanes) is 2. The molecule has 0 fully saturated rings. The van der Waals surface area contributed by atoms with E-state index in [1.54, 1.807) is 0 Å². The lowest BCUT2D eigenvalue weighted by Gasteiger charge is -2.27. The molecule has 1 amide bonds. The SMILES string of the molecule is CCCCCON(C(=O)CCc1ccccc1)[C@@H](CCO)C(=O)O. The first kappa shape index (κ1) is 20.1. The summed E-state index contributed by atoms with van der Waals surface area (Å²) in [7, 11) is 0. The number of aryl methyl sites for hydroxylation is 1. The lowest BCUT2D eigenvalue weighted by Crippen LogP contribution is -2.45. The van der Waals surface area contributed by atoms with Crippen LogP contribution in [0.1, 0.15) is 44.6 Å². The molecule has 0 heterocycles. The summed E-state index contributed by atoms with van der Waals surface area (Å²) in [5, 5.41) is 19.3. The number of nitrogens with zero attached hydrogens (tertiary/aromatic N) is 1. The van der Waals surface area contributed by atoms with Crippen LogP contribution in [0.3, 0.4) is 0 Å². The van der Waals surface area contributed by atoms with Crippen molar-refractivity contribution in [1.82, 2.24) is 5.06 Å². The molecule has 0 saturated carbocycles. The highest BCUT2D eigenvalue weighted by atomic mass is 16.7. The van der Waals surface area contributed by atoms with Crippen molar-refractivity contribution in [3.63, 3.8) is 0 Å². The molecule has 0 aliphatic rings. The Labute approximate surface area is 143 Å². The van der Waals surface area contributed by atoms with Gasteiger partial charge in [-0.2, -0.15) is 0 Å². The molecule has 0 spiro atoms. The minimum Gasteiger partial charge on any atom is -0.480 e. The first-order valence-corrected chi connectivity index (χ1v) is 8.42. The number of hydrogen-bond acceptors (Lipinski definition) is 4. The zero-order chi connectivity index (χ0) is 17.8. The Hall–Kier alpha value is -1.92. The zero-order valence-corrected chi connectivity index (χ0v) is 14.2. The fourth-order valence-electron chi connectivity index (χ4n) is 2.32. The molecule has 0 aliphatic heterocycles. The van der Waals surface area contributed by atoms with Gasteiger partial charge in [0.1, 0.15) is 0 Å². The van der Waals surface area contributed by atoms with Crippen molar-refractivity contribution in [3.8, 4) is 0 Å². The zero-order valence-electron chi connectivity index (χ0n) is 14.2. The second-order valence-corrected chi connectivity index (χ2v) is 5.61. The summed E-state index contributed by atoms with van der Waals surface area (Å²) in [5.74, 6) is -1.55. The van der Waals surface area contributed by atoms with Gasteiger partial charge in [0, 0.05) is 19.4 Å². The van der Waals surface area contributed by atoms with E-state index in [4.69, 9.17) is 9.94 Å². The van der Waals surface area contributed by atoms with Gasteiger partial charge in [-0.1, -0.05) is 50.1 Å². The van der Waals surface area contributed by atoms with E-state index in [2.05, 4.69) is 6.92 Å². The van der Waals surface area contributed by atoms with E-state index in [-0.39, 0.29) is 25.4 Å². The predicted octanol–water partition coefficient (Wildman–Crippen LogP) is 2.41. The maximum atomic E-state index is 12.5. The van der Waals surface area contributed by atoms with Crippen molar-refractivity contribution >= 4 is 11.9 Å². The number of hydrogen-bond donors (Lipinski definition) is 2. The number of carbonyl (C=O) groups excluding carboxylic acids is 1. The average Bonchev–Trinajstić information content (AvgIpc) is 2.59. The Kier molecular flexibility index (Phi) is 9.72. The highest BCUT2D eigenvalue weighted by molar-refractivity contribution is 5.82.